The van der Waals surface area contributed by atoms with Crippen LogP contribution in [-0.2, 0) is 50.1 Å². The third kappa shape index (κ3) is 8.08. The Morgan fingerprint density at radius 1 is 0.550 bits per heavy atom. The minimum absolute atomic E-state index is 0.0565. The molecule has 1 fully saturated rings. The third-order valence-electron chi connectivity index (χ3n) is 6.54. The molecule has 0 radical (unpaired) electrons. The molecule has 0 saturated carbocycles. The molecule has 0 aliphatic carbocycles. The van der Waals surface area contributed by atoms with Crippen LogP contribution >= 0.6 is 0 Å². The first-order valence-electron chi connectivity index (χ1n) is 14.9. The van der Waals surface area contributed by atoms with Crippen molar-refractivity contribution in [3.63, 3.8) is 0 Å². The maximum Gasteiger partial charge on any atom is 0.184 e. The van der Waals surface area contributed by atoms with Crippen LogP contribution in [0.25, 0.3) is 0 Å². The highest BCUT2D eigenvalue weighted by Gasteiger charge is 2.48. The van der Waals surface area contributed by atoms with E-state index in [0.717, 1.165) is 22.3 Å². The molecule has 1 N–H and O–H groups in total. The van der Waals surface area contributed by atoms with Gasteiger partial charge in [0.1, 0.15) is 24.4 Å². The molecular weight excluding hydrogens is 504 g/mol. The van der Waals surface area contributed by atoms with Crippen molar-refractivity contribution in [2.75, 3.05) is 6.56 Å². The minimum atomic E-state index is -2.68. The van der Waals surface area contributed by atoms with Crippen molar-refractivity contribution in [3.05, 3.63) is 144 Å². The fourth-order valence-electron chi connectivity index (χ4n) is 4.45. The van der Waals surface area contributed by atoms with E-state index in [4.69, 9.17) is 27.8 Å². The first-order valence-corrected chi connectivity index (χ1v) is 13.4. The summed E-state index contributed by atoms with van der Waals surface area (Å²) in [5.74, 6) is 0. The molecule has 1 saturated heterocycles. The van der Waals surface area contributed by atoms with E-state index in [1.54, 1.807) is 0 Å². The first kappa shape index (κ1) is 24.4. The first-order chi connectivity index (χ1) is 20.8. The molecule has 0 amide bonds. The molecule has 5 rings (SSSR count). The number of hydrogen-bond donors (Lipinski definition) is 1. The van der Waals surface area contributed by atoms with Gasteiger partial charge < -0.3 is 28.8 Å². The fourth-order valence-corrected chi connectivity index (χ4v) is 4.45. The van der Waals surface area contributed by atoms with Crippen molar-refractivity contribution in [3.8, 4) is 0 Å². The summed E-state index contributed by atoms with van der Waals surface area (Å²) in [6, 6.07) is 37.4. The summed E-state index contributed by atoms with van der Waals surface area (Å²) in [6.45, 7) is -2.26. The highest BCUT2D eigenvalue weighted by atomic mass is 16.7. The lowest BCUT2D eigenvalue weighted by Gasteiger charge is -2.44. The van der Waals surface area contributed by atoms with E-state index in [0.29, 0.717) is 0 Å². The van der Waals surface area contributed by atoms with E-state index < -0.39 is 37.2 Å². The van der Waals surface area contributed by atoms with Gasteiger partial charge in [-0.15, -0.1) is 0 Å². The second-order valence-electron chi connectivity index (χ2n) is 9.51. The van der Waals surface area contributed by atoms with E-state index >= 15 is 0 Å². The average molecular weight is 544 g/mol. The SMILES string of the molecule is [2H]C([2H])(OCc1ccccc1)[C@H]1O[C@@]([2H])(O)[C@H](OCc2ccccc2)[C@@H](OCc2ccccc2)[C@@H]1OCc1ccccc1. The number of rotatable bonds is 13. The van der Waals surface area contributed by atoms with Crippen LogP contribution in [0.5, 0.6) is 0 Å². The summed E-state index contributed by atoms with van der Waals surface area (Å²) in [5, 5.41) is 11.4. The summed E-state index contributed by atoms with van der Waals surface area (Å²) in [6.07, 6.45) is -7.81. The zero-order valence-electron chi connectivity index (χ0n) is 25.2. The van der Waals surface area contributed by atoms with E-state index in [1.807, 2.05) is 121 Å². The zero-order chi connectivity index (χ0) is 30.1. The van der Waals surface area contributed by atoms with Crippen LogP contribution in [-0.4, -0.2) is 42.3 Å². The highest BCUT2D eigenvalue weighted by Crippen LogP contribution is 2.30. The molecule has 4 aromatic rings. The lowest BCUT2D eigenvalue weighted by Crippen LogP contribution is -2.61. The smallest absolute Gasteiger partial charge is 0.184 e. The van der Waals surface area contributed by atoms with Crippen molar-refractivity contribution in [2.24, 2.45) is 0 Å². The van der Waals surface area contributed by atoms with Gasteiger partial charge in [0.2, 0.25) is 0 Å². The Morgan fingerprint density at radius 3 is 1.38 bits per heavy atom. The van der Waals surface area contributed by atoms with Crippen LogP contribution in [0.15, 0.2) is 121 Å². The Kier molecular flexibility index (Phi) is 9.08. The zero-order valence-corrected chi connectivity index (χ0v) is 22.2. The maximum atomic E-state index is 11.4. The Morgan fingerprint density at radius 2 is 0.925 bits per heavy atom. The molecule has 6 heteroatoms. The molecule has 1 heterocycles. The summed E-state index contributed by atoms with van der Waals surface area (Å²) < 4.78 is 57.0. The van der Waals surface area contributed by atoms with Gasteiger partial charge in [-0.1, -0.05) is 121 Å². The van der Waals surface area contributed by atoms with E-state index in [1.165, 1.54) is 0 Å². The van der Waals surface area contributed by atoms with E-state index in [-0.39, 0.29) is 26.4 Å². The third-order valence-corrected chi connectivity index (χ3v) is 6.54. The largest absolute Gasteiger partial charge is 0.374 e. The van der Waals surface area contributed by atoms with Gasteiger partial charge in [-0.05, 0) is 22.3 Å². The monoisotopic (exact) mass is 543 g/mol. The van der Waals surface area contributed by atoms with Crippen molar-refractivity contribution in [2.45, 2.75) is 57.1 Å². The predicted octanol–water partition coefficient (Wildman–Crippen LogP) is 5.68. The van der Waals surface area contributed by atoms with Gasteiger partial charge in [0.15, 0.2) is 6.27 Å². The van der Waals surface area contributed by atoms with Gasteiger partial charge in [0.25, 0.3) is 0 Å². The summed E-state index contributed by atoms with van der Waals surface area (Å²) in [7, 11) is 0. The van der Waals surface area contributed by atoms with Crippen molar-refractivity contribution < 1.29 is 32.9 Å². The molecule has 4 aromatic carbocycles. The number of hydrogen-bond acceptors (Lipinski definition) is 6. The van der Waals surface area contributed by atoms with Crippen LogP contribution < -0.4 is 0 Å². The lowest BCUT2D eigenvalue weighted by atomic mass is 9.98. The van der Waals surface area contributed by atoms with Gasteiger partial charge in [0, 0.05) is 0 Å². The molecule has 40 heavy (non-hydrogen) atoms. The molecule has 0 unspecified atom stereocenters. The standard InChI is InChI=1S/C34H36O6/c35-34-33(39-24-29-19-11-4-12-20-29)32(38-23-28-17-9-3-10-18-28)31(37-22-27-15-7-2-8-16-27)30(40-34)25-36-21-26-13-5-1-6-14-26/h1-20,30-35H,21-25H2/t30-,31-,32+,33-,34-/m1/s1/i25D2,34D. The van der Waals surface area contributed by atoms with Gasteiger partial charge in [-0.25, -0.2) is 0 Å². The van der Waals surface area contributed by atoms with Gasteiger partial charge in [0.05, 0.1) is 37.1 Å². The van der Waals surface area contributed by atoms with Gasteiger partial charge in [-0.3, -0.25) is 0 Å². The second-order valence-corrected chi connectivity index (χ2v) is 9.51. The van der Waals surface area contributed by atoms with Crippen molar-refractivity contribution in [1.29, 1.82) is 0 Å². The summed E-state index contributed by atoms with van der Waals surface area (Å²) in [5.41, 5.74) is 3.28. The second kappa shape index (κ2) is 14.9. The van der Waals surface area contributed by atoms with Gasteiger partial charge in [-0.2, -0.15) is 0 Å². The summed E-state index contributed by atoms with van der Waals surface area (Å²) >= 11 is 0. The van der Waals surface area contributed by atoms with Gasteiger partial charge >= 0.3 is 0 Å². The van der Waals surface area contributed by atoms with Crippen molar-refractivity contribution in [1.82, 2.24) is 0 Å². The van der Waals surface area contributed by atoms with Crippen molar-refractivity contribution >= 4 is 0 Å². The summed E-state index contributed by atoms with van der Waals surface area (Å²) in [4.78, 5) is 0. The van der Waals surface area contributed by atoms with Crippen LogP contribution in [0.1, 0.15) is 26.4 Å². The van der Waals surface area contributed by atoms with Crippen LogP contribution in [0.2, 0.25) is 0 Å². The minimum Gasteiger partial charge on any atom is -0.374 e. The Labute approximate surface area is 240 Å². The molecule has 0 spiro atoms. The van der Waals surface area contributed by atoms with E-state index in [9.17, 15) is 5.11 Å². The molecule has 1 aliphatic rings. The average Bonchev–Trinajstić information content (AvgIpc) is 3.03. The maximum absolute atomic E-state index is 11.4. The Balaban J connectivity index is 1.46. The number of benzene rings is 4. The number of aliphatic hydroxyl groups is 1. The predicted molar refractivity (Wildman–Crippen MR) is 152 cm³/mol. The molecular formula is C34H36O6. The highest BCUT2D eigenvalue weighted by molar-refractivity contribution is 5.16. The molecule has 0 bridgehead atoms. The fraction of sp³-hybridized carbons (Fsp3) is 0.294. The molecule has 6 nitrogen and oxygen atoms in total. The molecule has 0 aromatic heterocycles. The van der Waals surface area contributed by atoms with Crippen LogP contribution in [0, 0.1) is 0 Å². The molecule has 5 atom stereocenters. The Bertz CT molecular complexity index is 1380. The van der Waals surface area contributed by atoms with Crippen LogP contribution in [0.3, 0.4) is 0 Å². The molecule has 208 valence electrons. The van der Waals surface area contributed by atoms with E-state index in [2.05, 4.69) is 0 Å². The number of ether oxygens (including phenoxy) is 5. The quantitative estimate of drug-likeness (QED) is 0.234. The lowest BCUT2D eigenvalue weighted by molar-refractivity contribution is -0.317. The topological polar surface area (TPSA) is 66.4 Å². The van der Waals surface area contributed by atoms with Crippen LogP contribution in [0.4, 0.5) is 0 Å². The molecule has 1 aliphatic heterocycles. The normalized spacial score (nSPS) is 26.0. The Hall–Kier alpha value is -3.36.